The molecule has 0 radical (unpaired) electrons. The van der Waals surface area contributed by atoms with E-state index in [2.05, 4.69) is 49.9 Å². The van der Waals surface area contributed by atoms with Crippen molar-refractivity contribution in [3.63, 3.8) is 0 Å². The number of aromatic nitrogens is 4. The van der Waals surface area contributed by atoms with Gasteiger partial charge in [0.25, 0.3) is 0 Å². The van der Waals surface area contributed by atoms with Crippen molar-refractivity contribution in [2.24, 2.45) is 0 Å². The Hall–Kier alpha value is -2.63. The highest BCUT2D eigenvalue weighted by Gasteiger charge is 2.09. The van der Waals surface area contributed by atoms with Crippen LogP contribution in [-0.2, 0) is 0 Å². The van der Waals surface area contributed by atoms with Crippen molar-refractivity contribution in [1.29, 1.82) is 0 Å². The summed E-state index contributed by atoms with van der Waals surface area (Å²) in [5.41, 5.74) is 2.90. The van der Waals surface area contributed by atoms with Gasteiger partial charge in [-0.1, -0.05) is 12.1 Å². The average Bonchev–Trinajstić information content (AvgIpc) is 2.87. The van der Waals surface area contributed by atoms with Crippen LogP contribution in [0.2, 0.25) is 0 Å². The molecule has 2 aromatic heterocycles. The lowest BCUT2D eigenvalue weighted by molar-refractivity contribution is 1.07. The molecule has 0 bridgehead atoms. The number of aromatic amines is 1. The van der Waals surface area contributed by atoms with Crippen LogP contribution in [0.15, 0.2) is 30.5 Å². The van der Waals surface area contributed by atoms with E-state index in [4.69, 9.17) is 0 Å². The zero-order valence-corrected chi connectivity index (χ0v) is 11.4. The van der Waals surface area contributed by atoms with Crippen LogP contribution in [0.3, 0.4) is 0 Å². The summed E-state index contributed by atoms with van der Waals surface area (Å²) in [6.45, 7) is 4.83. The summed E-state index contributed by atoms with van der Waals surface area (Å²) < 4.78 is 0. The Morgan fingerprint density at radius 2 is 2.15 bits per heavy atom. The van der Waals surface area contributed by atoms with E-state index in [1.807, 2.05) is 19.1 Å². The number of H-pyrrole nitrogens is 1. The summed E-state index contributed by atoms with van der Waals surface area (Å²) >= 11 is 0. The molecule has 0 amide bonds. The molecule has 3 rings (SSSR count). The lowest BCUT2D eigenvalue weighted by Crippen LogP contribution is -2.04. The maximum absolute atomic E-state index is 4.49. The quantitative estimate of drug-likeness (QED) is 0.678. The molecule has 0 aliphatic rings. The van der Waals surface area contributed by atoms with Crippen LogP contribution in [0.4, 0.5) is 17.5 Å². The summed E-state index contributed by atoms with van der Waals surface area (Å²) in [5, 5.41) is 14.2. The molecule has 0 aliphatic heterocycles. The van der Waals surface area contributed by atoms with E-state index < -0.39 is 0 Å². The number of fused-ring (bicyclic) bond motifs is 1. The van der Waals surface area contributed by atoms with Crippen LogP contribution in [0, 0.1) is 6.92 Å². The van der Waals surface area contributed by atoms with Crippen molar-refractivity contribution < 1.29 is 0 Å². The van der Waals surface area contributed by atoms with Gasteiger partial charge < -0.3 is 10.6 Å². The van der Waals surface area contributed by atoms with Gasteiger partial charge in [-0.25, -0.2) is 0 Å². The second-order valence-corrected chi connectivity index (χ2v) is 4.55. The molecule has 1 aromatic carbocycles. The number of nitrogens with zero attached hydrogens (tertiary/aromatic N) is 3. The van der Waals surface area contributed by atoms with E-state index >= 15 is 0 Å². The lowest BCUT2D eigenvalue weighted by atomic mass is 10.2. The maximum Gasteiger partial charge on any atom is 0.226 e. The number of anilines is 3. The van der Waals surface area contributed by atoms with Crippen LogP contribution in [0.5, 0.6) is 0 Å². The molecule has 102 valence electrons. The second kappa shape index (κ2) is 5.16. The van der Waals surface area contributed by atoms with Gasteiger partial charge in [0.15, 0.2) is 5.65 Å². The monoisotopic (exact) mass is 268 g/mol. The highest BCUT2D eigenvalue weighted by atomic mass is 15.2. The minimum absolute atomic E-state index is 0.583. The maximum atomic E-state index is 4.49. The molecule has 0 aliphatic carbocycles. The molecule has 3 aromatic rings. The number of aryl methyl sites for hydroxylation is 1. The summed E-state index contributed by atoms with van der Waals surface area (Å²) in [6, 6.07) is 8.15. The molecule has 3 N–H and O–H groups in total. The topological polar surface area (TPSA) is 78.5 Å². The predicted molar refractivity (Wildman–Crippen MR) is 80.3 cm³/mol. The molecule has 0 saturated heterocycles. The van der Waals surface area contributed by atoms with Crippen LogP contribution in [0.1, 0.15) is 12.5 Å². The van der Waals surface area contributed by atoms with Crippen molar-refractivity contribution in [1.82, 2.24) is 20.2 Å². The Bertz CT molecular complexity index is 733. The van der Waals surface area contributed by atoms with Gasteiger partial charge in [-0.05, 0) is 31.5 Å². The van der Waals surface area contributed by atoms with Gasteiger partial charge in [0.2, 0.25) is 5.95 Å². The first-order valence-electron chi connectivity index (χ1n) is 6.55. The molecule has 6 heteroatoms. The number of rotatable bonds is 4. The summed E-state index contributed by atoms with van der Waals surface area (Å²) in [4.78, 5) is 8.86. The van der Waals surface area contributed by atoms with Gasteiger partial charge in [0, 0.05) is 12.2 Å². The van der Waals surface area contributed by atoms with E-state index in [-0.39, 0.29) is 0 Å². The number of hydrogen-bond donors (Lipinski definition) is 3. The fourth-order valence-electron chi connectivity index (χ4n) is 2.03. The molecule has 0 atom stereocenters. The second-order valence-electron chi connectivity index (χ2n) is 4.55. The van der Waals surface area contributed by atoms with Gasteiger partial charge >= 0.3 is 0 Å². The van der Waals surface area contributed by atoms with Crippen molar-refractivity contribution >= 4 is 28.5 Å². The highest BCUT2D eigenvalue weighted by molar-refractivity contribution is 5.89. The third-order valence-corrected chi connectivity index (χ3v) is 2.93. The Morgan fingerprint density at radius 1 is 1.25 bits per heavy atom. The smallest absolute Gasteiger partial charge is 0.226 e. The van der Waals surface area contributed by atoms with Crippen molar-refractivity contribution in [2.75, 3.05) is 17.2 Å². The Morgan fingerprint density at radius 3 is 2.95 bits per heavy atom. The molecule has 0 unspecified atom stereocenters. The zero-order chi connectivity index (χ0) is 13.9. The van der Waals surface area contributed by atoms with E-state index in [1.165, 1.54) is 5.56 Å². The molecule has 0 fully saturated rings. The standard InChI is InChI=1S/C14H16N6/c1-3-15-14-18-12(11-8-16-20-13(11)19-14)17-10-6-4-5-9(2)7-10/h4-8H,3H2,1-2H3,(H3,15,16,17,18,19,20). The first-order valence-corrected chi connectivity index (χ1v) is 6.55. The van der Waals surface area contributed by atoms with E-state index in [9.17, 15) is 0 Å². The molecule has 0 saturated carbocycles. The average molecular weight is 268 g/mol. The SMILES string of the molecule is CCNc1nc(Nc2cccc(C)c2)c2cn[nH]c2n1. The van der Waals surface area contributed by atoms with Crippen LogP contribution in [-0.4, -0.2) is 26.7 Å². The lowest BCUT2D eigenvalue weighted by Gasteiger charge is -2.09. The third kappa shape index (κ3) is 2.40. The Labute approximate surface area is 116 Å². The third-order valence-electron chi connectivity index (χ3n) is 2.93. The Kier molecular flexibility index (Phi) is 3.20. The fraction of sp³-hybridized carbons (Fsp3) is 0.214. The summed E-state index contributed by atoms with van der Waals surface area (Å²) in [5.74, 6) is 1.32. The first kappa shape index (κ1) is 12.4. The van der Waals surface area contributed by atoms with Gasteiger partial charge in [0.05, 0.1) is 11.6 Å². The van der Waals surface area contributed by atoms with E-state index in [1.54, 1.807) is 6.20 Å². The fourth-order valence-corrected chi connectivity index (χ4v) is 2.03. The van der Waals surface area contributed by atoms with Gasteiger partial charge in [-0.2, -0.15) is 15.1 Å². The van der Waals surface area contributed by atoms with Gasteiger partial charge in [-0.3, -0.25) is 5.10 Å². The molecule has 0 spiro atoms. The molecule has 2 heterocycles. The van der Waals surface area contributed by atoms with Gasteiger partial charge in [0.1, 0.15) is 5.82 Å². The number of hydrogen-bond acceptors (Lipinski definition) is 5. The van der Waals surface area contributed by atoms with Crippen molar-refractivity contribution in [3.05, 3.63) is 36.0 Å². The minimum Gasteiger partial charge on any atom is -0.354 e. The highest BCUT2D eigenvalue weighted by Crippen LogP contribution is 2.24. The van der Waals surface area contributed by atoms with Crippen LogP contribution < -0.4 is 10.6 Å². The molecular weight excluding hydrogens is 252 g/mol. The minimum atomic E-state index is 0.583. The van der Waals surface area contributed by atoms with E-state index in [0.717, 1.165) is 23.4 Å². The molecule has 20 heavy (non-hydrogen) atoms. The Balaban J connectivity index is 2.02. The molecule has 6 nitrogen and oxygen atoms in total. The van der Waals surface area contributed by atoms with Crippen molar-refractivity contribution in [3.8, 4) is 0 Å². The predicted octanol–water partition coefficient (Wildman–Crippen LogP) is 2.84. The van der Waals surface area contributed by atoms with Crippen LogP contribution >= 0.6 is 0 Å². The largest absolute Gasteiger partial charge is 0.354 e. The molecular formula is C14H16N6. The number of nitrogens with one attached hydrogen (secondary N) is 3. The summed E-state index contributed by atoms with van der Waals surface area (Å²) in [7, 11) is 0. The zero-order valence-electron chi connectivity index (χ0n) is 11.4. The number of benzene rings is 1. The normalized spacial score (nSPS) is 10.7. The van der Waals surface area contributed by atoms with Gasteiger partial charge in [-0.15, -0.1) is 0 Å². The van der Waals surface area contributed by atoms with Crippen LogP contribution in [0.25, 0.3) is 11.0 Å². The van der Waals surface area contributed by atoms with Crippen molar-refractivity contribution in [2.45, 2.75) is 13.8 Å². The van der Waals surface area contributed by atoms with E-state index in [0.29, 0.717) is 11.6 Å². The summed E-state index contributed by atoms with van der Waals surface area (Å²) in [6.07, 6.45) is 1.73. The first-order chi connectivity index (χ1) is 9.76.